The second-order valence-corrected chi connectivity index (χ2v) is 2.68. The van der Waals surface area contributed by atoms with Gasteiger partial charge in [0.25, 0.3) is 0 Å². The van der Waals surface area contributed by atoms with Crippen LogP contribution in [0.1, 0.15) is 0 Å². The standard InChI is InChI=1S/C4H10NO.C2H4I.C2H7NO.2Rf/c1-2-6-4-3-5;1-2-3;3-1-2-4;;/h1-5H2;1-2H2;4H,1-3H2;;/q2*-1;;;. The molecular formula is C8H21IN2O2Rf2-2. The van der Waals surface area contributed by atoms with Crippen LogP contribution in [-0.4, -0.2) is 42.4 Å². The minimum atomic E-state index is 0. The Morgan fingerprint density at radius 3 is 1.53 bits per heavy atom. The van der Waals surface area contributed by atoms with Gasteiger partial charge in [0.05, 0.1) is 13.2 Å². The molecule has 15 heavy (non-hydrogen) atoms. The normalized spacial score (nSPS) is 6.80. The number of rotatable bonds is 4. The zero-order chi connectivity index (χ0) is 10.9. The summed E-state index contributed by atoms with van der Waals surface area (Å²) in [5, 5.41) is 7.75. The predicted octanol–water partition coefficient (Wildman–Crippen LogP) is -0.0113. The predicted molar refractivity (Wildman–Crippen MR) is 65.6 cm³/mol. The van der Waals surface area contributed by atoms with E-state index in [4.69, 9.17) is 21.3 Å². The first kappa shape index (κ1) is 29.2. The van der Waals surface area contributed by atoms with Gasteiger partial charge in [0.15, 0.2) is 0 Å². The fourth-order valence-corrected chi connectivity index (χ4v) is 0.185. The van der Waals surface area contributed by atoms with Crippen LogP contribution in [0.4, 0.5) is 0 Å². The number of ether oxygens (including phenoxy) is 1. The van der Waals surface area contributed by atoms with Gasteiger partial charge in [-0.25, -0.2) is 0 Å². The number of halogens is 1. The molecule has 0 aliphatic carbocycles. The van der Waals surface area contributed by atoms with E-state index in [-0.39, 0.29) is 6.61 Å². The Hall–Kier alpha value is -1.43. The molecule has 0 spiro atoms. The largest absolute Gasteiger partial charge is 0.412 e. The van der Waals surface area contributed by atoms with Crippen LogP contribution in [0.5, 0.6) is 0 Å². The van der Waals surface area contributed by atoms with Crippen molar-refractivity contribution in [3.8, 4) is 0 Å². The van der Waals surface area contributed by atoms with Gasteiger partial charge < -0.3 is 35.2 Å². The van der Waals surface area contributed by atoms with Gasteiger partial charge in [-0.15, -0.1) is 27.0 Å². The molecule has 0 atom stereocenters. The molecule has 4 nitrogen and oxygen atoms in total. The molecule has 5 N–H and O–H groups in total. The maximum atomic E-state index is 7.75. The third-order valence-electron chi connectivity index (χ3n) is 0.536. The fraction of sp³-hybridized carbons (Fsp3) is 0.750. The Labute approximate surface area is 95.2 Å². The van der Waals surface area contributed by atoms with Crippen LogP contribution in [0.15, 0.2) is 0 Å². The van der Waals surface area contributed by atoms with Crippen LogP contribution in [0.2, 0.25) is 0 Å². The Kier molecular flexibility index (Phi) is 106. The van der Waals surface area contributed by atoms with Gasteiger partial charge in [0.1, 0.15) is 0 Å². The smallest absolute Gasteiger partial charge is 0.0553 e. The first-order valence-corrected chi connectivity index (χ1v) is 5.50. The van der Waals surface area contributed by atoms with Crippen LogP contribution in [0.3, 0.4) is 0 Å². The van der Waals surface area contributed by atoms with E-state index in [2.05, 4.69) is 36.4 Å². The van der Waals surface area contributed by atoms with Crippen molar-refractivity contribution in [2.75, 3.05) is 37.3 Å². The van der Waals surface area contributed by atoms with Gasteiger partial charge in [-0.3, -0.25) is 0 Å². The number of alkyl halides is 1. The molecule has 0 aromatic heterocycles. The summed E-state index contributed by atoms with van der Waals surface area (Å²) in [6.45, 7) is 9.14. The number of aliphatic hydroxyl groups excluding tert-OH is 1. The van der Waals surface area contributed by atoms with E-state index in [0.29, 0.717) is 26.3 Å². The summed E-state index contributed by atoms with van der Waals surface area (Å²) < 4.78 is 5.72. The third-order valence-corrected chi connectivity index (χ3v) is 0.536. The van der Waals surface area contributed by atoms with Crippen molar-refractivity contribution in [1.29, 1.82) is 0 Å². The molecule has 0 aliphatic heterocycles. The van der Waals surface area contributed by atoms with E-state index in [0.717, 1.165) is 4.43 Å². The summed E-state index contributed by atoms with van der Waals surface area (Å²) in [4.78, 5) is 0. The molecule has 0 rings (SSSR count). The maximum Gasteiger partial charge on any atom is 0.0553 e. The van der Waals surface area contributed by atoms with E-state index in [1.54, 1.807) is 0 Å². The third kappa shape index (κ3) is 213. The average Bonchev–Trinajstić information content (AvgIpc) is 2.16. The van der Waals surface area contributed by atoms with E-state index >= 15 is 0 Å². The summed E-state index contributed by atoms with van der Waals surface area (Å²) in [7, 11) is 0. The molecule has 0 amide bonds. The molecule has 88 valence electrons. The van der Waals surface area contributed by atoms with Gasteiger partial charge >= 0.3 is 0 Å². The van der Waals surface area contributed by atoms with Crippen molar-refractivity contribution in [3.63, 3.8) is 0 Å². The molecule has 0 aromatic rings. The molecule has 0 aliphatic rings. The molecule has 0 bridgehead atoms. The first-order chi connectivity index (χ1) is 6.24. The first-order valence-electron chi connectivity index (χ1n) is 3.98. The minimum absolute atomic E-state index is 0. The van der Waals surface area contributed by atoms with E-state index < -0.39 is 0 Å². The molecule has 0 radical (unpaired) electrons. The minimum Gasteiger partial charge on any atom is -0.412 e. The second-order valence-electron chi connectivity index (χ2n) is 1.60. The van der Waals surface area contributed by atoms with Crippen LogP contribution in [0, 0.1) is 13.8 Å². The van der Waals surface area contributed by atoms with Crippen molar-refractivity contribution >= 4 is 22.6 Å². The van der Waals surface area contributed by atoms with Crippen molar-refractivity contribution in [2.45, 2.75) is 0 Å². The Balaban J connectivity index is -0.0000000332. The molecule has 0 heterocycles. The maximum absolute atomic E-state index is 7.75. The topological polar surface area (TPSA) is 81.5 Å². The second kappa shape index (κ2) is 54.2. The van der Waals surface area contributed by atoms with Gasteiger partial charge in [0.2, 0.25) is 0 Å². The Morgan fingerprint density at radius 2 is 1.47 bits per heavy atom. The molecule has 0 fully saturated rings. The summed E-state index contributed by atoms with van der Waals surface area (Å²) in [6, 6.07) is 0. The number of nitrogens with two attached hydrogens (primary N) is 2. The zero-order valence-corrected chi connectivity index (χ0v) is 24.4. The monoisotopic (exact) mass is 838 g/mol. The average molecular weight is 838 g/mol. The number of hydrogen-bond acceptors (Lipinski definition) is 4. The van der Waals surface area contributed by atoms with Crippen molar-refractivity contribution in [1.82, 2.24) is 0 Å². The van der Waals surface area contributed by atoms with Crippen molar-refractivity contribution < 1.29 is 9.84 Å². The van der Waals surface area contributed by atoms with E-state index in [1.807, 2.05) is 0 Å². The van der Waals surface area contributed by atoms with Crippen molar-refractivity contribution in [3.05, 3.63) is 13.8 Å². The summed E-state index contributed by atoms with van der Waals surface area (Å²) in [6.07, 6.45) is 0. The molecule has 0 saturated carbocycles. The van der Waals surface area contributed by atoms with Crippen LogP contribution in [-0.2, 0) is 4.74 Å². The van der Waals surface area contributed by atoms with Gasteiger partial charge in [-0.05, 0) is 0 Å². The molecule has 7 heteroatoms. The van der Waals surface area contributed by atoms with E-state index in [9.17, 15) is 0 Å². The van der Waals surface area contributed by atoms with Crippen LogP contribution >= 0.6 is 22.6 Å². The fourth-order valence-electron chi connectivity index (χ4n) is 0.185. The molecular weight excluding hydrogens is 817 g/mol. The summed E-state index contributed by atoms with van der Waals surface area (Å²) in [5.41, 5.74) is 9.84. The SMILES string of the molecule is NCCO.[CH2-]CI.[CH2-]COCCN.[Rf].[Rf]. The quantitative estimate of drug-likeness (QED) is 0.161. The Morgan fingerprint density at radius 1 is 1.13 bits per heavy atom. The summed E-state index contributed by atoms with van der Waals surface area (Å²) >= 11 is 2.18. The van der Waals surface area contributed by atoms with Gasteiger partial charge in [0, 0.05) is 13.1 Å². The molecule has 0 saturated heterocycles. The van der Waals surface area contributed by atoms with Gasteiger partial charge in [-0.2, -0.15) is 0 Å². The molecule has 0 unspecified atom stereocenters. The summed E-state index contributed by atoms with van der Waals surface area (Å²) in [5.74, 6) is 0. The zero-order valence-electron chi connectivity index (χ0n) is 9.46. The number of aliphatic hydroxyl groups is 1. The van der Waals surface area contributed by atoms with Crippen molar-refractivity contribution in [2.24, 2.45) is 11.5 Å². The van der Waals surface area contributed by atoms with E-state index in [1.165, 1.54) is 0 Å². The molecule has 0 aromatic carbocycles. The van der Waals surface area contributed by atoms with Gasteiger partial charge in [-0.1, -0.05) is 6.61 Å². The van der Waals surface area contributed by atoms with Crippen LogP contribution in [0.25, 0.3) is 0 Å². The van der Waals surface area contributed by atoms with Crippen LogP contribution < -0.4 is 11.5 Å². The Bertz CT molecular complexity index is 61.9. The number of hydrogen-bond donors (Lipinski definition) is 3.